The number of nitro benzene ring substituents is 1. The summed E-state index contributed by atoms with van der Waals surface area (Å²) < 4.78 is 74.9. The second-order valence-corrected chi connectivity index (χ2v) is 3.51. The van der Waals surface area contributed by atoms with E-state index in [-0.39, 0.29) is 57.5 Å². The quantitative estimate of drug-likeness (QED) is 0.357. The maximum Gasteiger partial charge on any atom is 1.00 e. The van der Waals surface area contributed by atoms with Gasteiger partial charge in [-0.25, -0.2) is 0 Å². The van der Waals surface area contributed by atoms with Gasteiger partial charge in [0, 0.05) is 17.7 Å². The number of rotatable bonds is 2. The summed E-state index contributed by atoms with van der Waals surface area (Å²) in [5.74, 6) is 0. The van der Waals surface area contributed by atoms with Gasteiger partial charge in [0.25, 0.3) is 11.3 Å². The van der Waals surface area contributed by atoms with Crippen molar-refractivity contribution in [3.05, 3.63) is 39.9 Å². The molecule has 0 unspecified atom stereocenters. The molecular formula is C9H5F6KNO3+. The molecule has 0 atom stereocenters. The smallest absolute Gasteiger partial charge is 0.369 e. The minimum atomic E-state index is -6.07. The third-order valence-electron chi connectivity index (χ3n) is 2.30. The molecule has 0 spiro atoms. The van der Waals surface area contributed by atoms with E-state index in [2.05, 4.69) is 0 Å². The molecule has 0 fully saturated rings. The maximum absolute atomic E-state index is 12.5. The average molecular weight is 328 g/mol. The largest absolute Gasteiger partial charge is 1.00 e. The van der Waals surface area contributed by atoms with Gasteiger partial charge in [0.05, 0.1) is 4.92 Å². The zero-order valence-corrected chi connectivity index (χ0v) is 12.9. The van der Waals surface area contributed by atoms with E-state index >= 15 is 0 Å². The van der Waals surface area contributed by atoms with E-state index in [0.29, 0.717) is 18.2 Å². The Morgan fingerprint density at radius 1 is 1.05 bits per heavy atom. The molecule has 1 aromatic carbocycles. The van der Waals surface area contributed by atoms with Crippen molar-refractivity contribution in [2.45, 2.75) is 18.0 Å². The van der Waals surface area contributed by atoms with Crippen LogP contribution in [0.5, 0.6) is 0 Å². The number of aliphatic hydroxyl groups is 1. The van der Waals surface area contributed by atoms with Gasteiger partial charge in [0.1, 0.15) is 0 Å². The van der Waals surface area contributed by atoms with Crippen LogP contribution in [-0.2, 0) is 5.60 Å². The van der Waals surface area contributed by atoms with Crippen molar-refractivity contribution in [1.82, 2.24) is 0 Å². The first-order valence-electron chi connectivity index (χ1n) is 4.52. The molecular weight excluding hydrogens is 323 g/mol. The van der Waals surface area contributed by atoms with E-state index in [1.165, 1.54) is 0 Å². The Hall–Kier alpha value is -0.204. The van der Waals surface area contributed by atoms with Gasteiger partial charge in [0.15, 0.2) is 0 Å². The number of halogens is 6. The predicted molar refractivity (Wildman–Crippen MR) is 49.1 cm³/mol. The van der Waals surface area contributed by atoms with E-state index in [4.69, 9.17) is 5.11 Å². The first kappa shape index (κ1) is 19.8. The summed E-state index contributed by atoms with van der Waals surface area (Å²) in [5, 5.41) is 19.3. The molecule has 0 heterocycles. The van der Waals surface area contributed by atoms with E-state index in [1.54, 1.807) is 0 Å². The molecule has 0 aliphatic carbocycles. The maximum atomic E-state index is 12.5. The van der Waals surface area contributed by atoms with Gasteiger partial charge in [-0.15, -0.1) is 0 Å². The molecule has 0 saturated heterocycles. The Morgan fingerprint density at radius 2 is 1.50 bits per heavy atom. The molecule has 0 bridgehead atoms. The van der Waals surface area contributed by atoms with Crippen LogP contribution in [0, 0.1) is 10.1 Å². The van der Waals surface area contributed by atoms with E-state index in [0.717, 1.165) is 0 Å². The molecule has 0 aromatic heterocycles. The fourth-order valence-electron chi connectivity index (χ4n) is 1.33. The Balaban J connectivity index is 0.00000361. The zero-order valence-electron chi connectivity index (χ0n) is 9.79. The first-order chi connectivity index (χ1) is 8.41. The van der Waals surface area contributed by atoms with Crippen molar-refractivity contribution in [3.8, 4) is 0 Å². The van der Waals surface area contributed by atoms with Crippen LogP contribution < -0.4 is 51.4 Å². The van der Waals surface area contributed by atoms with E-state index < -0.39 is 34.1 Å². The summed E-state index contributed by atoms with van der Waals surface area (Å²) >= 11 is 0. The summed E-state index contributed by atoms with van der Waals surface area (Å²) in [6.07, 6.45) is -12.1. The minimum absolute atomic E-state index is 0. The molecule has 20 heavy (non-hydrogen) atoms. The van der Waals surface area contributed by atoms with Gasteiger partial charge in [-0.3, -0.25) is 10.1 Å². The van der Waals surface area contributed by atoms with Gasteiger partial charge in [-0.05, 0) is 0 Å². The molecule has 1 rings (SSSR count). The predicted octanol–water partition coefficient (Wildman–Crippen LogP) is -0.0890. The molecule has 0 radical (unpaired) electrons. The Kier molecular flexibility index (Phi) is 6.21. The zero-order chi connectivity index (χ0) is 15.1. The molecule has 0 saturated carbocycles. The monoisotopic (exact) mass is 328 g/mol. The normalized spacial score (nSPS) is 12.8. The van der Waals surface area contributed by atoms with E-state index in [1.807, 2.05) is 0 Å². The van der Waals surface area contributed by atoms with Crippen LogP contribution in [0.25, 0.3) is 0 Å². The average Bonchev–Trinajstić information content (AvgIpc) is 2.25. The number of non-ortho nitro benzene ring substituents is 1. The number of alkyl halides is 6. The second kappa shape index (κ2) is 6.28. The summed E-state index contributed by atoms with van der Waals surface area (Å²) in [4.78, 5) is 9.17. The molecule has 0 amide bonds. The van der Waals surface area contributed by atoms with Crippen LogP contribution in [0.2, 0.25) is 0 Å². The van der Waals surface area contributed by atoms with Crippen LogP contribution in [0.3, 0.4) is 0 Å². The van der Waals surface area contributed by atoms with Crippen molar-refractivity contribution >= 4 is 5.69 Å². The Morgan fingerprint density at radius 3 is 1.85 bits per heavy atom. The van der Waals surface area contributed by atoms with Crippen molar-refractivity contribution in [2.75, 3.05) is 0 Å². The van der Waals surface area contributed by atoms with Crippen molar-refractivity contribution in [1.29, 1.82) is 0 Å². The van der Waals surface area contributed by atoms with Crippen LogP contribution in [0.15, 0.2) is 24.3 Å². The third kappa shape index (κ3) is 3.51. The second-order valence-electron chi connectivity index (χ2n) is 3.51. The fourth-order valence-corrected chi connectivity index (χ4v) is 1.33. The number of hydrogen-bond acceptors (Lipinski definition) is 3. The van der Waals surface area contributed by atoms with Crippen molar-refractivity contribution in [3.63, 3.8) is 0 Å². The molecule has 4 nitrogen and oxygen atoms in total. The van der Waals surface area contributed by atoms with Crippen LogP contribution >= 0.6 is 0 Å². The van der Waals surface area contributed by atoms with Crippen molar-refractivity contribution < 1.29 is 87.8 Å². The van der Waals surface area contributed by atoms with Crippen LogP contribution in [-0.4, -0.2) is 22.4 Å². The Labute approximate surface area is 150 Å². The molecule has 0 aliphatic heterocycles. The molecule has 106 valence electrons. The molecule has 1 N–H and O–H groups in total. The van der Waals surface area contributed by atoms with Gasteiger partial charge < -0.3 is 5.11 Å². The third-order valence-corrected chi connectivity index (χ3v) is 2.30. The van der Waals surface area contributed by atoms with Gasteiger partial charge in [-0.2, -0.15) is 26.3 Å². The standard InChI is InChI=1S/C9H5F6NO3.K/c10-8(11,12)7(17,9(13,14)15)5-2-1-3-6(4-5)16(18)19;/h1-4,17H;/q;+1. The number of nitro groups is 1. The summed E-state index contributed by atoms with van der Waals surface area (Å²) in [5.41, 5.74) is -7.82. The Bertz CT molecular complexity index is 487. The van der Waals surface area contributed by atoms with Crippen LogP contribution in [0.1, 0.15) is 5.56 Å². The number of hydrogen-bond donors (Lipinski definition) is 1. The SMILES string of the molecule is O=[N+]([O-])c1cccc(C(O)(C(F)(F)F)C(F)(F)F)c1.[K+]. The molecule has 1 aromatic rings. The fraction of sp³-hybridized carbons (Fsp3) is 0.333. The summed E-state index contributed by atoms with van der Waals surface area (Å²) in [6.45, 7) is 0. The number of benzene rings is 1. The molecule has 0 aliphatic rings. The summed E-state index contributed by atoms with van der Waals surface area (Å²) in [6, 6.07) is 1.67. The van der Waals surface area contributed by atoms with Gasteiger partial charge in [-0.1, -0.05) is 12.1 Å². The van der Waals surface area contributed by atoms with Crippen molar-refractivity contribution in [2.24, 2.45) is 0 Å². The van der Waals surface area contributed by atoms with Gasteiger partial charge >= 0.3 is 63.7 Å². The van der Waals surface area contributed by atoms with Crippen LogP contribution in [0.4, 0.5) is 32.0 Å². The number of nitrogens with zero attached hydrogens (tertiary/aromatic N) is 1. The minimum Gasteiger partial charge on any atom is -0.369 e. The molecule has 11 heteroatoms. The van der Waals surface area contributed by atoms with E-state index in [9.17, 15) is 36.5 Å². The first-order valence-corrected chi connectivity index (χ1v) is 4.52. The topological polar surface area (TPSA) is 63.4 Å². The van der Waals surface area contributed by atoms with Gasteiger partial charge in [0.2, 0.25) is 0 Å². The summed E-state index contributed by atoms with van der Waals surface area (Å²) in [7, 11) is 0.